The van der Waals surface area contributed by atoms with Crippen molar-refractivity contribution in [3.8, 4) is 0 Å². The second-order valence-corrected chi connectivity index (χ2v) is 4.06. The average molecular weight is 292 g/mol. The van der Waals surface area contributed by atoms with Crippen LogP contribution in [0.5, 0.6) is 0 Å². The molecule has 2 nitrogen and oxygen atoms in total. The molecule has 0 aromatic rings. The molecule has 14 heavy (non-hydrogen) atoms. The van der Waals surface area contributed by atoms with Crippen molar-refractivity contribution in [2.75, 3.05) is 25.9 Å². The van der Waals surface area contributed by atoms with E-state index >= 15 is 0 Å². The minimum absolute atomic E-state index is 0. The predicted octanol–water partition coefficient (Wildman–Crippen LogP) is 3.05. The molecule has 4 heteroatoms. The molecule has 1 fully saturated rings. The van der Waals surface area contributed by atoms with E-state index < -0.39 is 0 Å². The molecule has 0 aromatic carbocycles. The van der Waals surface area contributed by atoms with Crippen LogP contribution in [0.15, 0.2) is 0 Å². The van der Waals surface area contributed by atoms with Crippen LogP contribution in [-0.4, -0.2) is 25.9 Å². The normalized spacial score (nSPS) is 16.5. The van der Waals surface area contributed by atoms with Crippen molar-refractivity contribution in [3.05, 3.63) is 5.32 Å². The van der Waals surface area contributed by atoms with Gasteiger partial charge in [0.15, 0.2) is 0 Å². The van der Waals surface area contributed by atoms with Crippen LogP contribution in [0.2, 0.25) is 0 Å². The third-order valence-corrected chi connectivity index (χ3v) is 2.89. The monoisotopic (exact) mass is 292 g/mol. The Morgan fingerprint density at radius 3 is 2.36 bits per heavy atom. The molecule has 0 amide bonds. The van der Waals surface area contributed by atoms with Gasteiger partial charge in [-0.2, -0.15) is 0 Å². The molecular weight excluding hydrogens is 269 g/mol. The molecule has 1 rings (SSSR count). The van der Waals surface area contributed by atoms with Gasteiger partial charge < -0.3 is 5.32 Å². The Bertz CT molecular complexity index is 98.1. The van der Waals surface area contributed by atoms with Crippen molar-refractivity contribution in [2.24, 2.45) is 5.92 Å². The number of piperidine rings is 1. The van der Waals surface area contributed by atoms with Crippen molar-refractivity contribution in [3.63, 3.8) is 0 Å². The Morgan fingerprint density at radius 1 is 1.29 bits per heavy atom. The first-order valence-corrected chi connectivity index (χ1v) is 6.34. The Hall–Kier alpha value is 1.37. The number of nitrogens with zero attached hydrogens (tertiary/aromatic N) is 1. The van der Waals surface area contributed by atoms with Crippen molar-refractivity contribution >= 4 is 11.9 Å². The van der Waals surface area contributed by atoms with Gasteiger partial charge in [-0.25, -0.2) is 0 Å². The topological polar surface area (TPSA) is 26.1 Å². The Labute approximate surface area is 119 Å². The summed E-state index contributed by atoms with van der Waals surface area (Å²) >= 11 is 1.82. The van der Waals surface area contributed by atoms with Crippen LogP contribution < -0.4 is 4.72 Å². The SMILES string of the molecule is CC.CNSCCC1CC[N-]CC1.[Y]. The smallest absolute Gasteiger partial charge is 0.00811 e. The predicted molar refractivity (Wildman–Crippen MR) is 63.3 cm³/mol. The largest absolute Gasteiger partial charge is 0.662 e. The van der Waals surface area contributed by atoms with Gasteiger partial charge in [-0.1, -0.05) is 38.6 Å². The number of hydrogen-bond acceptors (Lipinski definition) is 2. The average Bonchev–Trinajstić information content (AvgIpc) is 2.23. The minimum Gasteiger partial charge on any atom is -0.662 e. The van der Waals surface area contributed by atoms with Crippen LogP contribution in [0.25, 0.3) is 5.32 Å². The summed E-state index contributed by atoms with van der Waals surface area (Å²) in [5, 5.41) is 4.33. The van der Waals surface area contributed by atoms with E-state index in [0.717, 1.165) is 19.0 Å². The molecule has 0 aromatic heterocycles. The number of rotatable bonds is 4. The minimum atomic E-state index is 0. The zero-order valence-electron chi connectivity index (χ0n) is 9.75. The van der Waals surface area contributed by atoms with Gasteiger partial charge in [-0.15, -0.1) is 13.1 Å². The molecule has 1 N–H and O–H groups in total. The van der Waals surface area contributed by atoms with Gasteiger partial charge in [0.25, 0.3) is 0 Å². The maximum Gasteiger partial charge on any atom is 0.00811 e. The van der Waals surface area contributed by atoms with Gasteiger partial charge in [0, 0.05) is 38.5 Å². The summed E-state index contributed by atoms with van der Waals surface area (Å²) in [4.78, 5) is 0. The van der Waals surface area contributed by atoms with E-state index in [2.05, 4.69) is 10.0 Å². The van der Waals surface area contributed by atoms with Gasteiger partial charge in [-0.05, 0) is 19.4 Å². The van der Waals surface area contributed by atoms with Crippen LogP contribution in [0.1, 0.15) is 33.1 Å². The fourth-order valence-electron chi connectivity index (χ4n) is 1.42. The molecule has 1 radical (unpaired) electrons. The zero-order valence-corrected chi connectivity index (χ0v) is 13.4. The zero-order chi connectivity index (χ0) is 9.94. The van der Waals surface area contributed by atoms with Gasteiger partial charge in [0.1, 0.15) is 0 Å². The summed E-state index contributed by atoms with van der Waals surface area (Å²) in [7, 11) is 1.99. The Balaban J connectivity index is 0. The molecule has 1 heterocycles. The quantitative estimate of drug-likeness (QED) is 0.636. The summed E-state index contributed by atoms with van der Waals surface area (Å²) in [6, 6.07) is 0. The van der Waals surface area contributed by atoms with Crippen LogP contribution in [0.4, 0.5) is 0 Å². The standard InChI is InChI=1S/C8H17N2S.C2H6.Y/c1-9-11-7-4-8-2-5-10-6-3-8;1-2;/h8-9H,2-7H2,1H3;1-2H3;/q-1;;. The maximum absolute atomic E-state index is 4.33. The fourth-order valence-corrected chi connectivity index (χ4v) is 2.08. The number of hydrogen-bond donors (Lipinski definition) is 1. The second-order valence-electron chi connectivity index (χ2n) is 2.96. The summed E-state index contributed by atoms with van der Waals surface area (Å²) < 4.78 is 3.10. The summed E-state index contributed by atoms with van der Waals surface area (Å²) in [6.45, 7) is 6.21. The molecule has 0 unspecified atom stereocenters. The maximum atomic E-state index is 4.33. The van der Waals surface area contributed by atoms with Gasteiger partial charge in [-0.3, -0.25) is 4.72 Å². The van der Waals surface area contributed by atoms with E-state index in [9.17, 15) is 0 Å². The van der Waals surface area contributed by atoms with Crippen LogP contribution in [0.3, 0.4) is 0 Å². The van der Waals surface area contributed by atoms with E-state index in [-0.39, 0.29) is 32.7 Å². The van der Waals surface area contributed by atoms with E-state index in [1.165, 1.54) is 25.0 Å². The number of nitrogens with one attached hydrogen (secondary N) is 1. The van der Waals surface area contributed by atoms with Crippen molar-refractivity contribution in [2.45, 2.75) is 33.1 Å². The Kier molecular flexibility index (Phi) is 18.2. The van der Waals surface area contributed by atoms with Crippen LogP contribution >= 0.6 is 11.9 Å². The van der Waals surface area contributed by atoms with Crippen LogP contribution in [-0.2, 0) is 32.7 Å². The first-order chi connectivity index (χ1) is 6.43. The molecule has 1 aliphatic rings. The van der Waals surface area contributed by atoms with Crippen molar-refractivity contribution < 1.29 is 32.7 Å². The summed E-state index contributed by atoms with van der Waals surface area (Å²) in [5.74, 6) is 2.20. The third kappa shape index (κ3) is 9.91. The molecule has 83 valence electrons. The molecule has 0 spiro atoms. The molecule has 0 bridgehead atoms. The molecule has 1 saturated heterocycles. The molecule has 1 aliphatic heterocycles. The van der Waals surface area contributed by atoms with Gasteiger partial charge in [0.2, 0.25) is 0 Å². The van der Waals surface area contributed by atoms with E-state index in [1.807, 2.05) is 32.8 Å². The third-order valence-electron chi connectivity index (χ3n) is 2.16. The first-order valence-electron chi connectivity index (χ1n) is 5.35. The molecular formula is C10H23N2SY-. The second kappa shape index (κ2) is 14.4. The Morgan fingerprint density at radius 2 is 1.86 bits per heavy atom. The van der Waals surface area contributed by atoms with E-state index in [0.29, 0.717) is 0 Å². The molecule has 0 atom stereocenters. The summed E-state index contributed by atoms with van der Waals surface area (Å²) in [6.07, 6.45) is 4.01. The van der Waals surface area contributed by atoms with Crippen LogP contribution in [0, 0.1) is 5.92 Å². The summed E-state index contributed by atoms with van der Waals surface area (Å²) in [5.41, 5.74) is 0. The first kappa shape index (κ1) is 17.8. The van der Waals surface area contributed by atoms with E-state index in [1.54, 1.807) is 0 Å². The fraction of sp³-hybridized carbons (Fsp3) is 1.00. The van der Waals surface area contributed by atoms with Crippen molar-refractivity contribution in [1.29, 1.82) is 0 Å². The van der Waals surface area contributed by atoms with E-state index in [4.69, 9.17) is 0 Å². The van der Waals surface area contributed by atoms with Crippen molar-refractivity contribution in [1.82, 2.24) is 4.72 Å². The molecule has 0 saturated carbocycles. The van der Waals surface area contributed by atoms with Gasteiger partial charge >= 0.3 is 0 Å². The van der Waals surface area contributed by atoms with Gasteiger partial charge in [0.05, 0.1) is 0 Å². The molecule has 0 aliphatic carbocycles.